The van der Waals surface area contributed by atoms with E-state index < -0.39 is 6.10 Å². The van der Waals surface area contributed by atoms with Gasteiger partial charge in [0.25, 0.3) is 0 Å². The fraction of sp³-hybridized carbons (Fsp3) is 0.0625. The van der Waals surface area contributed by atoms with Crippen molar-refractivity contribution in [3.63, 3.8) is 0 Å². The van der Waals surface area contributed by atoms with Gasteiger partial charge in [0.05, 0.1) is 10.5 Å². The normalized spacial score (nSPS) is 12.6. The predicted octanol–water partition coefficient (Wildman–Crippen LogP) is 4.73. The van der Waals surface area contributed by atoms with Gasteiger partial charge in [-0.2, -0.15) is 0 Å². The number of benzene rings is 2. The van der Waals surface area contributed by atoms with E-state index in [4.69, 9.17) is 11.6 Å². The first kappa shape index (κ1) is 13.6. The van der Waals surface area contributed by atoms with Gasteiger partial charge in [-0.15, -0.1) is 0 Å². The van der Waals surface area contributed by atoms with Crippen LogP contribution in [0.5, 0.6) is 0 Å². The topological polar surface area (TPSA) is 33.1 Å². The average Bonchev–Trinajstić information content (AvgIpc) is 2.49. The van der Waals surface area contributed by atoms with Crippen LogP contribution < -0.4 is 0 Å². The SMILES string of the molecule is OC(c1ccc(Br)c(Cl)c1)c1ccc2ncccc2c1. The van der Waals surface area contributed by atoms with Gasteiger partial charge >= 0.3 is 0 Å². The van der Waals surface area contributed by atoms with Crippen LogP contribution in [0.1, 0.15) is 17.2 Å². The summed E-state index contributed by atoms with van der Waals surface area (Å²) in [7, 11) is 0. The van der Waals surface area contributed by atoms with Gasteiger partial charge in [0.1, 0.15) is 6.10 Å². The number of nitrogens with zero attached hydrogens (tertiary/aromatic N) is 1. The zero-order valence-electron chi connectivity index (χ0n) is 10.4. The van der Waals surface area contributed by atoms with Gasteiger partial charge in [0, 0.05) is 16.1 Å². The van der Waals surface area contributed by atoms with Gasteiger partial charge in [-0.1, -0.05) is 29.8 Å². The van der Waals surface area contributed by atoms with Crippen LogP contribution >= 0.6 is 27.5 Å². The molecule has 0 amide bonds. The first-order valence-electron chi connectivity index (χ1n) is 6.13. The van der Waals surface area contributed by atoms with Crippen molar-refractivity contribution >= 4 is 38.4 Å². The maximum Gasteiger partial charge on any atom is 0.104 e. The Balaban J connectivity index is 2.02. The summed E-state index contributed by atoms with van der Waals surface area (Å²) in [4.78, 5) is 4.27. The number of aromatic nitrogens is 1. The van der Waals surface area contributed by atoms with E-state index in [1.807, 2.05) is 42.5 Å². The van der Waals surface area contributed by atoms with E-state index in [1.54, 1.807) is 12.3 Å². The minimum Gasteiger partial charge on any atom is -0.384 e. The van der Waals surface area contributed by atoms with Gasteiger partial charge < -0.3 is 5.11 Å². The van der Waals surface area contributed by atoms with Crippen molar-refractivity contribution in [2.75, 3.05) is 0 Å². The highest BCUT2D eigenvalue weighted by Crippen LogP contribution is 2.30. The van der Waals surface area contributed by atoms with Crippen LogP contribution in [0.2, 0.25) is 5.02 Å². The van der Waals surface area contributed by atoms with Crippen molar-refractivity contribution in [1.29, 1.82) is 0 Å². The molecule has 0 saturated heterocycles. The third-order valence-corrected chi connectivity index (χ3v) is 4.43. The molecule has 0 bridgehead atoms. The van der Waals surface area contributed by atoms with Crippen LogP contribution in [-0.2, 0) is 0 Å². The predicted molar refractivity (Wildman–Crippen MR) is 85.0 cm³/mol. The van der Waals surface area contributed by atoms with Crippen molar-refractivity contribution in [2.45, 2.75) is 6.10 Å². The summed E-state index contributed by atoms with van der Waals surface area (Å²) >= 11 is 9.42. The Kier molecular flexibility index (Phi) is 3.74. The Morgan fingerprint density at radius 3 is 2.60 bits per heavy atom. The highest BCUT2D eigenvalue weighted by Gasteiger charge is 2.12. The highest BCUT2D eigenvalue weighted by atomic mass is 79.9. The lowest BCUT2D eigenvalue weighted by molar-refractivity contribution is 0.220. The number of fused-ring (bicyclic) bond motifs is 1. The number of rotatable bonds is 2. The monoisotopic (exact) mass is 347 g/mol. The van der Waals surface area contributed by atoms with Crippen molar-refractivity contribution in [3.8, 4) is 0 Å². The summed E-state index contributed by atoms with van der Waals surface area (Å²) in [5, 5.41) is 12.1. The molecule has 0 fully saturated rings. The van der Waals surface area contributed by atoms with Gasteiger partial charge in [-0.3, -0.25) is 4.98 Å². The molecular formula is C16H11BrClNO. The summed E-state index contributed by atoms with van der Waals surface area (Å²) in [6.45, 7) is 0. The third kappa shape index (κ3) is 2.57. The van der Waals surface area contributed by atoms with Gasteiger partial charge in [-0.05, 0) is 57.4 Å². The van der Waals surface area contributed by atoms with Crippen LogP contribution in [0, 0.1) is 0 Å². The first-order chi connectivity index (χ1) is 9.65. The van der Waals surface area contributed by atoms with Crippen LogP contribution in [-0.4, -0.2) is 10.1 Å². The maximum absolute atomic E-state index is 10.5. The molecular weight excluding hydrogens is 338 g/mol. The lowest BCUT2D eigenvalue weighted by Gasteiger charge is -2.13. The largest absolute Gasteiger partial charge is 0.384 e. The van der Waals surface area contributed by atoms with Crippen LogP contribution in [0.3, 0.4) is 0 Å². The number of aliphatic hydroxyl groups excluding tert-OH is 1. The number of hydrogen-bond acceptors (Lipinski definition) is 2. The Labute approximate surface area is 130 Å². The van der Waals surface area contributed by atoms with Crippen LogP contribution in [0.15, 0.2) is 59.2 Å². The molecule has 0 saturated carbocycles. The Bertz CT molecular complexity index is 775. The number of aliphatic hydroxyl groups is 1. The fourth-order valence-corrected chi connectivity index (χ4v) is 2.57. The third-order valence-electron chi connectivity index (χ3n) is 3.20. The maximum atomic E-state index is 10.5. The molecule has 0 aliphatic rings. The van der Waals surface area contributed by atoms with Crippen molar-refractivity contribution < 1.29 is 5.11 Å². The van der Waals surface area contributed by atoms with Gasteiger partial charge in [0.15, 0.2) is 0 Å². The molecule has 0 radical (unpaired) electrons. The number of pyridine rings is 1. The van der Waals surface area contributed by atoms with E-state index in [2.05, 4.69) is 20.9 Å². The molecule has 3 rings (SSSR count). The Morgan fingerprint density at radius 1 is 1.05 bits per heavy atom. The molecule has 1 atom stereocenters. The van der Waals surface area contributed by atoms with E-state index in [0.29, 0.717) is 5.02 Å². The molecule has 1 heterocycles. The lowest BCUT2D eigenvalue weighted by Crippen LogP contribution is -1.99. The second-order valence-corrected chi connectivity index (χ2v) is 5.79. The zero-order chi connectivity index (χ0) is 14.1. The van der Waals surface area contributed by atoms with E-state index in [0.717, 1.165) is 26.5 Å². The van der Waals surface area contributed by atoms with E-state index in [1.165, 1.54) is 0 Å². The quantitative estimate of drug-likeness (QED) is 0.726. The average molecular weight is 349 g/mol. The van der Waals surface area contributed by atoms with Crippen molar-refractivity contribution in [1.82, 2.24) is 4.98 Å². The molecule has 100 valence electrons. The second kappa shape index (κ2) is 5.52. The van der Waals surface area contributed by atoms with E-state index in [9.17, 15) is 5.11 Å². The molecule has 0 aliphatic heterocycles. The smallest absolute Gasteiger partial charge is 0.104 e. The lowest BCUT2D eigenvalue weighted by atomic mass is 10.00. The van der Waals surface area contributed by atoms with Crippen molar-refractivity contribution in [2.24, 2.45) is 0 Å². The molecule has 0 spiro atoms. The van der Waals surface area contributed by atoms with Gasteiger partial charge in [-0.25, -0.2) is 0 Å². The van der Waals surface area contributed by atoms with E-state index >= 15 is 0 Å². The van der Waals surface area contributed by atoms with Crippen molar-refractivity contribution in [3.05, 3.63) is 75.4 Å². The summed E-state index contributed by atoms with van der Waals surface area (Å²) in [5.41, 5.74) is 2.50. The number of halogens is 2. The molecule has 4 heteroatoms. The molecule has 0 aliphatic carbocycles. The summed E-state index contributed by atoms with van der Waals surface area (Å²) in [6.07, 6.45) is 1.05. The molecule has 1 unspecified atom stereocenters. The fourth-order valence-electron chi connectivity index (χ4n) is 2.14. The van der Waals surface area contributed by atoms with E-state index in [-0.39, 0.29) is 0 Å². The van der Waals surface area contributed by atoms with Crippen LogP contribution in [0.25, 0.3) is 10.9 Å². The zero-order valence-corrected chi connectivity index (χ0v) is 12.8. The summed E-state index contributed by atoms with van der Waals surface area (Å²) < 4.78 is 0.817. The minimum atomic E-state index is -0.704. The molecule has 2 nitrogen and oxygen atoms in total. The number of hydrogen-bond donors (Lipinski definition) is 1. The second-order valence-electron chi connectivity index (χ2n) is 4.53. The molecule has 2 aromatic carbocycles. The first-order valence-corrected chi connectivity index (χ1v) is 7.30. The summed E-state index contributed by atoms with van der Waals surface area (Å²) in [6, 6.07) is 15.1. The molecule has 20 heavy (non-hydrogen) atoms. The summed E-state index contributed by atoms with van der Waals surface area (Å²) in [5.74, 6) is 0. The van der Waals surface area contributed by atoms with Crippen LogP contribution in [0.4, 0.5) is 0 Å². The Morgan fingerprint density at radius 2 is 1.80 bits per heavy atom. The standard InChI is InChI=1S/C16H11BrClNO/c17-13-5-3-12(9-14(13)18)16(20)11-4-6-15-10(8-11)2-1-7-19-15/h1-9,16,20H. The molecule has 1 N–H and O–H groups in total. The Hall–Kier alpha value is -1.42. The molecule has 1 aromatic heterocycles. The molecule has 3 aromatic rings. The minimum absolute atomic E-state index is 0.587. The highest BCUT2D eigenvalue weighted by molar-refractivity contribution is 9.10. The van der Waals surface area contributed by atoms with Gasteiger partial charge in [0.2, 0.25) is 0 Å².